The van der Waals surface area contributed by atoms with E-state index in [1.165, 1.54) is 11.8 Å². The van der Waals surface area contributed by atoms with Crippen LogP contribution in [-0.4, -0.2) is 51.0 Å². The lowest BCUT2D eigenvalue weighted by Crippen LogP contribution is -2.73. The van der Waals surface area contributed by atoms with Crippen molar-refractivity contribution in [3.8, 4) is 0 Å². The van der Waals surface area contributed by atoms with Gasteiger partial charge in [0, 0.05) is 5.75 Å². The van der Waals surface area contributed by atoms with E-state index in [9.17, 15) is 14.4 Å². The number of carboxylic acids is 1. The van der Waals surface area contributed by atoms with Gasteiger partial charge in [0.1, 0.15) is 17.4 Å². The minimum Gasteiger partial charge on any atom is -0.479 e. The van der Waals surface area contributed by atoms with Crippen molar-refractivity contribution >= 4 is 29.6 Å². The van der Waals surface area contributed by atoms with E-state index in [0.717, 1.165) is 4.90 Å². The highest BCUT2D eigenvalue weighted by Crippen LogP contribution is 2.38. The summed E-state index contributed by atoms with van der Waals surface area (Å²) in [6.45, 7) is 0. The van der Waals surface area contributed by atoms with Crippen LogP contribution in [0, 0.1) is 0 Å². The normalized spacial score (nSPS) is 34.2. The van der Waals surface area contributed by atoms with E-state index in [1.54, 1.807) is 5.94 Å². The number of hydrogen-bond donors (Lipinski definition) is 2. The number of hydrogen-bond acceptors (Lipinski definition) is 5. The molecule has 2 unspecified atom stereocenters. The maximum Gasteiger partial charge on any atom is 0.331 e. The molecule has 1 amide bonds. The molecular weight excluding hydrogens is 220 g/mol. The van der Waals surface area contributed by atoms with Gasteiger partial charge in [-0.3, -0.25) is 4.79 Å². The molecule has 80 valence electrons. The summed E-state index contributed by atoms with van der Waals surface area (Å²) in [7, 11) is 0. The second-order valence-corrected chi connectivity index (χ2v) is 4.45. The van der Waals surface area contributed by atoms with Gasteiger partial charge in [-0.05, 0) is 0 Å². The van der Waals surface area contributed by atoms with Gasteiger partial charge in [-0.2, -0.15) is 0 Å². The highest BCUT2D eigenvalue weighted by atomic mass is 32.2. The molecule has 0 saturated carbocycles. The third-order valence-corrected chi connectivity index (χ3v) is 3.84. The molecule has 2 saturated heterocycles. The van der Waals surface area contributed by atoms with Gasteiger partial charge < -0.3 is 15.7 Å². The lowest BCUT2D eigenvalue weighted by atomic mass is 9.99. The third-order valence-electron chi connectivity index (χ3n) is 2.50. The van der Waals surface area contributed by atoms with Crippen LogP contribution in [0.2, 0.25) is 0 Å². The maximum absolute atomic E-state index is 11.4. The average molecular weight is 228 g/mol. The van der Waals surface area contributed by atoms with E-state index in [1.807, 2.05) is 0 Å². The summed E-state index contributed by atoms with van der Waals surface area (Å²) < 4.78 is 0. The number of carbonyl (C=O) groups excluding carboxylic acids is 2. The summed E-state index contributed by atoms with van der Waals surface area (Å²) in [6, 6.07) is -1.83. The Labute approximate surface area is 89.1 Å². The molecule has 6 nitrogen and oxygen atoms in total. The number of thioether (sulfide) groups is 1. The van der Waals surface area contributed by atoms with Crippen molar-refractivity contribution < 1.29 is 19.5 Å². The number of amides is 1. The Balaban J connectivity index is 2.33. The van der Waals surface area contributed by atoms with Crippen molar-refractivity contribution in [3.63, 3.8) is 0 Å². The van der Waals surface area contributed by atoms with Gasteiger partial charge in [-0.1, -0.05) is 0 Å². The van der Waals surface area contributed by atoms with Crippen LogP contribution >= 0.6 is 11.8 Å². The minimum atomic E-state index is -1.21. The number of nitrogens with zero attached hydrogens (tertiary/aromatic N) is 1. The minimum absolute atomic E-state index is 0.0870. The van der Waals surface area contributed by atoms with Crippen LogP contribution in [-0.2, 0) is 14.4 Å². The summed E-state index contributed by atoms with van der Waals surface area (Å²) in [5.74, 6) is 0.219. The van der Waals surface area contributed by atoms with Crippen LogP contribution in [0.1, 0.15) is 0 Å². The monoisotopic (exact) mass is 228 g/mol. The van der Waals surface area contributed by atoms with Crippen molar-refractivity contribution in [2.24, 2.45) is 5.73 Å². The summed E-state index contributed by atoms with van der Waals surface area (Å²) in [4.78, 5) is 33.9. The van der Waals surface area contributed by atoms with E-state index >= 15 is 0 Å². The first-order valence-corrected chi connectivity index (χ1v) is 5.29. The van der Waals surface area contributed by atoms with Gasteiger partial charge in [0.2, 0.25) is 5.91 Å². The predicted octanol–water partition coefficient (Wildman–Crippen LogP) is -1.56. The molecule has 7 heteroatoms. The fourth-order valence-electron chi connectivity index (χ4n) is 1.74. The zero-order chi connectivity index (χ0) is 11.2. The molecule has 0 aliphatic carbocycles. The van der Waals surface area contributed by atoms with Crippen LogP contribution < -0.4 is 5.73 Å². The van der Waals surface area contributed by atoms with Gasteiger partial charge in [0.05, 0.1) is 5.57 Å². The lowest BCUT2D eigenvalue weighted by molar-refractivity contribution is -0.158. The average Bonchev–Trinajstić information content (AvgIpc) is 2.25. The van der Waals surface area contributed by atoms with Crippen LogP contribution in [0.15, 0.2) is 5.57 Å². The molecule has 2 rings (SSSR count). The van der Waals surface area contributed by atoms with Gasteiger partial charge in [0.25, 0.3) is 0 Å². The molecule has 0 spiro atoms. The van der Waals surface area contributed by atoms with Gasteiger partial charge in [-0.15, -0.1) is 11.8 Å². The molecule has 2 heterocycles. The topological polar surface area (TPSA) is 101 Å². The van der Waals surface area contributed by atoms with Crippen LogP contribution in [0.3, 0.4) is 0 Å². The second-order valence-electron chi connectivity index (χ2n) is 3.34. The van der Waals surface area contributed by atoms with E-state index in [0.29, 0.717) is 0 Å². The molecule has 0 aromatic rings. The van der Waals surface area contributed by atoms with Crippen LogP contribution in [0.4, 0.5) is 0 Å². The second kappa shape index (κ2) is 3.37. The number of carbonyl (C=O) groups is 2. The highest BCUT2D eigenvalue weighted by molar-refractivity contribution is 8.00. The maximum atomic E-state index is 11.4. The Bertz CT molecular complexity index is 390. The Kier molecular flexibility index (Phi) is 2.30. The Hall–Kier alpha value is -1.30. The molecule has 0 aromatic carbocycles. The molecule has 2 fully saturated rings. The molecule has 3 atom stereocenters. The van der Waals surface area contributed by atoms with Crippen molar-refractivity contribution in [2.75, 3.05) is 5.75 Å². The molecule has 0 bridgehead atoms. The van der Waals surface area contributed by atoms with E-state index in [2.05, 4.69) is 0 Å². The number of β-lactam (4-membered cyclic amide) rings is 1. The van der Waals surface area contributed by atoms with Gasteiger partial charge >= 0.3 is 5.97 Å². The molecule has 2 aliphatic heterocycles. The van der Waals surface area contributed by atoms with Crippen LogP contribution in [0.25, 0.3) is 0 Å². The Morgan fingerprint density at radius 2 is 2.33 bits per heavy atom. The summed E-state index contributed by atoms with van der Waals surface area (Å²) in [5.41, 5.74) is 5.60. The Morgan fingerprint density at radius 3 is 2.87 bits per heavy atom. The quantitative estimate of drug-likeness (QED) is 0.416. The fraction of sp³-hybridized carbons (Fsp3) is 0.500. The summed E-state index contributed by atoms with van der Waals surface area (Å²) >= 11 is 1.30. The number of fused-ring (bicyclic) bond motifs is 1. The predicted molar refractivity (Wildman–Crippen MR) is 51.7 cm³/mol. The van der Waals surface area contributed by atoms with Crippen molar-refractivity contribution in [3.05, 3.63) is 5.57 Å². The van der Waals surface area contributed by atoms with E-state index in [-0.39, 0.29) is 16.7 Å². The van der Waals surface area contributed by atoms with Crippen LogP contribution in [0.5, 0.6) is 0 Å². The summed E-state index contributed by atoms with van der Waals surface area (Å²) in [5, 5.41) is 8.60. The zero-order valence-electron chi connectivity index (χ0n) is 7.54. The molecule has 2 aliphatic rings. The highest BCUT2D eigenvalue weighted by Gasteiger charge is 2.54. The number of rotatable bonds is 1. The summed E-state index contributed by atoms with van der Waals surface area (Å²) in [6.07, 6.45) is 0. The van der Waals surface area contributed by atoms with Crippen molar-refractivity contribution in [1.29, 1.82) is 0 Å². The third kappa shape index (κ3) is 1.28. The first kappa shape index (κ1) is 10.2. The molecular formula is C8H8N2O4S. The smallest absolute Gasteiger partial charge is 0.331 e. The van der Waals surface area contributed by atoms with E-state index in [4.69, 9.17) is 10.8 Å². The van der Waals surface area contributed by atoms with Gasteiger partial charge in [0.15, 0.2) is 6.04 Å². The first-order chi connectivity index (χ1) is 7.07. The number of aliphatic carboxylic acids is 1. The standard InChI is InChI=1S/C8H8N2O4S/c9-4-6(12)10-5(8(13)14)3(1-11)2-15-7(4)10/h4-5,7H,2,9H2,(H,13,14)/t4?,5?,7-/m0/s1. The molecule has 0 aromatic heterocycles. The number of carboxylic acid groups (broad SMARTS) is 1. The van der Waals surface area contributed by atoms with Crippen molar-refractivity contribution in [2.45, 2.75) is 17.5 Å². The first-order valence-electron chi connectivity index (χ1n) is 4.24. The lowest BCUT2D eigenvalue weighted by Gasteiger charge is -2.50. The molecule has 0 radical (unpaired) electrons. The fourth-order valence-corrected chi connectivity index (χ4v) is 3.02. The SMILES string of the molecule is NC1C(=O)N2C(C(=O)O)C(=C=O)CS[C@@H]12. The molecule has 3 N–H and O–H groups in total. The largest absolute Gasteiger partial charge is 0.479 e. The zero-order valence-corrected chi connectivity index (χ0v) is 8.36. The Morgan fingerprint density at radius 1 is 1.67 bits per heavy atom. The van der Waals surface area contributed by atoms with Crippen molar-refractivity contribution in [1.82, 2.24) is 4.90 Å². The van der Waals surface area contributed by atoms with E-state index < -0.39 is 24.0 Å². The van der Waals surface area contributed by atoms with Gasteiger partial charge in [-0.25, -0.2) is 9.59 Å². The molecule has 15 heavy (non-hydrogen) atoms. The number of nitrogens with two attached hydrogens (primary N) is 1.